The van der Waals surface area contributed by atoms with Crippen molar-refractivity contribution in [1.82, 2.24) is 4.90 Å². The van der Waals surface area contributed by atoms with Crippen LogP contribution in [0.4, 0.5) is 16.2 Å². The van der Waals surface area contributed by atoms with E-state index in [4.69, 9.17) is 0 Å². The Bertz CT molecular complexity index is 582. The van der Waals surface area contributed by atoms with E-state index in [1.807, 2.05) is 0 Å². The van der Waals surface area contributed by atoms with Crippen molar-refractivity contribution in [1.29, 1.82) is 0 Å². The highest BCUT2D eigenvalue weighted by Gasteiger charge is 2.31. The summed E-state index contributed by atoms with van der Waals surface area (Å²) in [6.45, 7) is 1.23. The predicted molar refractivity (Wildman–Crippen MR) is 64.8 cm³/mol. The van der Waals surface area contributed by atoms with Gasteiger partial charge in [-0.05, 0) is 12.5 Å². The van der Waals surface area contributed by atoms with Crippen molar-refractivity contribution in [3.63, 3.8) is 0 Å². The lowest BCUT2D eigenvalue weighted by Crippen LogP contribution is -2.47. The van der Waals surface area contributed by atoms with Crippen molar-refractivity contribution in [3.05, 3.63) is 33.9 Å². The Kier molecular flexibility index (Phi) is 2.26. The van der Waals surface area contributed by atoms with Crippen LogP contribution in [-0.2, 0) is 0 Å². The molecule has 0 saturated carbocycles. The maximum Gasteiger partial charge on any atom is 0.327 e. The number of aliphatic imine (C=N–C) groups is 1. The van der Waals surface area contributed by atoms with Crippen LogP contribution in [0.5, 0.6) is 0 Å². The van der Waals surface area contributed by atoms with E-state index < -0.39 is 4.92 Å². The Morgan fingerprint density at radius 3 is 3.06 bits per heavy atom. The molecule has 0 saturated heterocycles. The Morgan fingerprint density at radius 1 is 1.44 bits per heavy atom. The van der Waals surface area contributed by atoms with Crippen molar-refractivity contribution in [2.75, 3.05) is 18.4 Å². The lowest BCUT2D eigenvalue weighted by Gasteiger charge is -2.32. The molecule has 1 aromatic carbocycles. The topological polar surface area (TPSA) is 87.8 Å². The number of nitrogens with zero attached hydrogens (tertiary/aromatic N) is 3. The number of carbonyl (C=O) groups excluding carboxylic acids is 1. The first-order chi connectivity index (χ1) is 8.66. The van der Waals surface area contributed by atoms with Gasteiger partial charge in [-0.3, -0.25) is 20.0 Å². The van der Waals surface area contributed by atoms with Crippen molar-refractivity contribution in [2.45, 2.75) is 6.42 Å². The zero-order chi connectivity index (χ0) is 12.7. The van der Waals surface area contributed by atoms with E-state index in [2.05, 4.69) is 10.3 Å². The van der Waals surface area contributed by atoms with Crippen molar-refractivity contribution < 1.29 is 9.72 Å². The second-order valence-electron chi connectivity index (χ2n) is 4.13. The molecule has 18 heavy (non-hydrogen) atoms. The van der Waals surface area contributed by atoms with E-state index in [9.17, 15) is 14.9 Å². The van der Waals surface area contributed by atoms with Gasteiger partial charge in [0.2, 0.25) is 0 Å². The molecule has 0 aromatic heterocycles. The number of amidine groups is 1. The summed E-state index contributed by atoms with van der Waals surface area (Å²) in [5, 5.41) is 13.5. The molecule has 0 radical (unpaired) electrons. The van der Waals surface area contributed by atoms with Gasteiger partial charge in [-0.2, -0.15) is 0 Å². The zero-order valence-electron chi connectivity index (χ0n) is 9.42. The maximum absolute atomic E-state index is 11.8. The van der Waals surface area contributed by atoms with Crippen LogP contribution >= 0.6 is 0 Å². The van der Waals surface area contributed by atoms with Gasteiger partial charge in [0, 0.05) is 30.8 Å². The van der Waals surface area contributed by atoms with E-state index in [1.165, 1.54) is 17.0 Å². The molecule has 2 amide bonds. The summed E-state index contributed by atoms with van der Waals surface area (Å²) in [5.74, 6) is 0.531. The maximum atomic E-state index is 11.8. The van der Waals surface area contributed by atoms with Crippen molar-refractivity contribution in [3.8, 4) is 0 Å². The Morgan fingerprint density at radius 2 is 2.28 bits per heavy atom. The number of benzene rings is 1. The van der Waals surface area contributed by atoms with Gasteiger partial charge in [0.25, 0.3) is 5.69 Å². The first-order valence-corrected chi connectivity index (χ1v) is 5.58. The smallest absolute Gasteiger partial charge is 0.307 e. The number of fused-ring (bicyclic) bond motifs is 3. The van der Waals surface area contributed by atoms with Gasteiger partial charge in [-0.15, -0.1) is 0 Å². The number of urea groups is 1. The minimum atomic E-state index is -0.454. The van der Waals surface area contributed by atoms with E-state index in [0.29, 0.717) is 30.2 Å². The molecule has 0 atom stereocenters. The van der Waals surface area contributed by atoms with Crippen molar-refractivity contribution >= 4 is 23.2 Å². The van der Waals surface area contributed by atoms with Crippen LogP contribution in [0.15, 0.2) is 23.2 Å². The fourth-order valence-electron chi connectivity index (χ4n) is 2.16. The van der Waals surface area contributed by atoms with Gasteiger partial charge >= 0.3 is 6.03 Å². The Balaban J connectivity index is 2.15. The number of nitro benzene ring substituents is 1. The van der Waals surface area contributed by atoms with E-state index >= 15 is 0 Å². The van der Waals surface area contributed by atoms with E-state index in [-0.39, 0.29) is 11.7 Å². The predicted octanol–water partition coefficient (Wildman–Crippen LogP) is 1.59. The normalized spacial score (nSPS) is 17.4. The number of rotatable bonds is 1. The molecule has 0 spiro atoms. The molecule has 0 unspecified atom stereocenters. The third kappa shape index (κ3) is 1.52. The summed E-state index contributed by atoms with van der Waals surface area (Å²) in [7, 11) is 0. The Labute approximate surface area is 102 Å². The van der Waals surface area contributed by atoms with E-state index in [1.54, 1.807) is 6.07 Å². The molecule has 0 fully saturated rings. The molecule has 2 aliphatic rings. The van der Waals surface area contributed by atoms with Gasteiger partial charge in [-0.1, -0.05) is 0 Å². The minimum absolute atomic E-state index is 0.00174. The number of hydrogen-bond donors (Lipinski definition) is 1. The Hall–Kier alpha value is -2.44. The van der Waals surface area contributed by atoms with Crippen LogP contribution in [-0.4, -0.2) is 34.8 Å². The van der Waals surface area contributed by atoms with Crippen LogP contribution in [0.25, 0.3) is 0 Å². The summed E-state index contributed by atoms with van der Waals surface area (Å²) in [4.78, 5) is 28.0. The number of anilines is 1. The highest BCUT2D eigenvalue weighted by molar-refractivity contribution is 6.18. The van der Waals surface area contributed by atoms with Gasteiger partial charge in [0.1, 0.15) is 5.84 Å². The second kappa shape index (κ2) is 3.80. The number of nitro groups is 1. The summed E-state index contributed by atoms with van der Waals surface area (Å²) in [6, 6.07) is 4.14. The SMILES string of the molecule is O=C1Nc2ccc([N+](=O)[O-])cc2C2=NCCCN12. The molecule has 7 heteroatoms. The second-order valence-corrected chi connectivity index (χ2v) is 4.13. The average molecular weight is 246 g/mol. The summed E-state index contributed by atoms with van der Waals surface area (Å²) in [6.07, 6.45) is 0.807. The first-order valence-electron chi connectivity index (χ1n) is 5.58. The number of carbonyl (C=O) groups is 1. The van der Waals surface area contributed by atoms with Crippen LogP contribution in [0.2, 0.25) is 0 Å². The van der Waals surface area contributed by atoms with Crippen LogP contribution in [0, 0.1) is 10.1 Å². The third-order valence-electron chi connectivity index (χ3n) is 3.00. The molecule has 2 heterocycles. The zero-order valence-corrected chi connectivity index (χ0v) is 9.42. The molecular formula is C11H10N4O3. The molecule has 2 aliphatic heterocycles. The average Bonchev–Trinajstić information content (AvgIpc) is 2.38. The number of amides is 2. The monoisotopic (exact) mass is 246 g/mol. The molecule has 1 N–H and O–H groups in total. The molecule has 3 rings (SSSR count). The lowest BCUT2D eigenvalue weighted by atomic mass is 10.1. The third-order valence-corrected chi connectivity index (χ3v) is 3.00. The van der Waals surface area contributed by atoms with E-state index in [0.717, 1.165) is 6.42 Å². The van der Waals surface area contributed by atoms with Gasteiger partial charge in [0.05, 0.1) is 10.6 Å². The molecule has 0 bridgehead atoms. The highest BCUT2D eigenvalue weighted by atomic mass is 16.6. The highest BCUT2D eigenvalue weighted by Crippen LogP contribution is 2.29. The standard InChI is InChI=1S/C11H10N4O3/c16-11-13-9-3-2-7(15(17)18)6-8(9)10-12-4-1-5-14(10)11/h2-3,6H,1,4-5H2,(H,13,16). The summed E-state index contributed by atoms with van der Waals surface area (Å²) < 4.78 is 0. The number of nitrogens with one attached hydrogen (secondary N) is 1. The minimum Gasteiger partial charge on any atom is -0.307 e. The molecular weight excluding hydrogens is 236 g/mol. The molecule has 0 aliphatic carbocycles. The fraction of sp³-hybridized carbons (Fsp3) is 0.273. The molecule has 7 nitrogen and oxygen atoms in total. The largest absolute Gasteiger partial charge is 0.327 e. The quantitative estimate of drug-likeness (QED) is 0.602. The fourth-order valence-corrected chi connectivity index (χ4v) is 2.16. The van der Waals surface area contributed by atoms with Gasteiger partial charge in [0.15, 0.2) is 0 Å². The summed E-state index contributed by atoms with van der Waals surface area (Å²) >= 11 is 0. The van der Waals surface area contributed by atoms with Crippen LogP contribution in [0.1, 0.15) is 12.0 Å². The lowest BCUT2D eigenvalue weighted by molar-refractivity contribution is -0.384. The van der Waals surface area contributed by atoms with Crippen LogP contribution in [0.3, 0.4) is 0 Å². The number of non-ortho nitro benzene ring substituents is 1. The molecule has 92 valence electrons. The van der Waals surface area contributed by atoms with Gasteiger partial charge in [-0.25, -0.2) is 4.79 Å². The van der Waals surface area contributed by atoms with Gasteiger partial charge < -0.3 is 5.32 Å². The van der Waals surface area contributed by atoms with Crippen LogP contribution < -0.4 is 5.32 Å². The first kappa shape index (κ1) is 10.7. The number of hydrogen-bond acceptors (Lipinski definition) is 4. The molecule has 1 aromatic rings. The van der Waals surface area contributed by atoms with Crippen molar-refractivity contribution in [2.24, 2.45) is 4.99 Å². The summed E-state index contributed by atoms with van der Waals surface area (Å²) in [5.41, 5.74) is 1.18.